The molecule has 3 nitrogen and oxygen atoms in total. The van der Waals surface area contributed by atoms with Crippen LogP contribution in [0, 0.1) is 12.7 Å². The molecule has 0 atom stereocenters. The van der Waals surface area contributed by atoms with Crippen LogP contribution in [-0.4, -0.2) is 20.7 Å². The molecule has 1 aromatic rings. The van der Waals surface area contributed by atoms with E-state index in [0.717, 1.165) is 6.42 Å². The molecule has 94 valence electrons. The van der Waals surface area contributed by atoms with Gasteiger partial charge in [-0.15, -0.1) is 0 Å². The van der Waals surface area contributed by atoms with Crippen LogP contribution in [0.5, 0.6) is 0 Å². The van der Waals surface area contributed by atoms with Crippen LogP contribution in [0.4, 0.5) is 10.1 Å². The Balaban J connectivity index is 2.50. The summed E-state index contributed by atoms with van der Waals surface area (Å²) in [5, 5.41) is 0. The van der Waals surface area contributed by atoms with Crippen LogP contribution < -0.4 is 4.31 Å². The molecule has 0 radical (unpaired) electrons. The summed E-state index contributed by atoms with van der Waals surface area (Å²) in [6.07, 6.45) is 1.54. The molecule has 1 aliphatic rings. The molecule has 1 saturated heterocycles. The Morgan fingerprint density at radius 3 is 2.71 bits per heavy atom. The van der Waals surface area contributed by atoms with Gasteiger partial charge in [-0.05, 0) is 53.4 Å². The number of hydrogen-bond donors (Lipinski definition) is 0. The Hall–Kier alpha value is -0.620. The van der Waals surface area contributed by atoms with Gasteiger partial charge in [0, 0.05) is 6.54 Å². The summed E-state index contributed by atoms with van der Waals surface area (Å²) >= 11 is 3.09. The van der Waals surface area contributed by atoms with Gasteiger partial charge in [0.1, 0.15) is 5.82 Å². The van der Waals surface area contributed by atoms with Crippen LogP contribution in [0.15, 0.2) is 16.6 Å². The van der Waals surface area contributed by atoms with Crippen LogP contribution in [0.2, 0.25) is 0 Å². The first kappa shape index (κ1) is 12.8. The zero-order chi connectivity index (χ0) is 12.6. The quantitative estimate of drug-likeness (QED) is 0.797. The molecule has 0 aromatic heterocycles. The standard InChI is InChI=1S/C11H13BrFNO2S/c1-8-6-10(13)9(12)7-11(8)14-4-2-3-5-17(14,15)16/h6-7H,2-5H2,1H3. The first-order chi connectivity index (χ1) is 7.92. The molecule has 1 heterocycles. The second-order valence-corrected chi connectivity index (χ2v) is 7.02. The minimum absolute atomic E-state index is 0.168. The van der Waals surface area contributed by atoms with Crippen molar-refractivity contribution in [3.63, 3.8) is 0 Å². The van der Waals surface area contributed by atoms with Crippen molar-refractivity contribution in [3.8, 4) is 0 Å². The molecule has 1 fully saturated rings. The van der Waals surface area contributed by atoms with E-state index in [0.29, 0.717) is 28.7 Å². The second-order valence-electron chi connectivity index (χ2n) is 4.15. The lowest BCUT2D eigenvalue weighted by molar-refractivity contribution is 0.573. The summed E-state index contributed by atoms with van der Waals surface area (Å²) in [5.41, 5.74) is 1.20. The molecule has 1 aromatic carbocycles. The van der Waals surface area contributed by atoms with Crippen molar-refractivity contribution < 1.29 is 12.8 Å². The van der Waals surface area contributed by atoms with Gasteiger partial charge in [0.25, 0.3) is 0 Å². The summed E-state index contributed by atoms with van der Waals surface area (Å²) in [7, 11) is -3.24. The molecule has 0 N–H and O–H groups in total. The van der Waals surface area contributed by atoms with Gasteiger partial charge in [0.15, 0.2) is 0 Å². The lowest BCUT2D eigenvalue weighted by Crippen LogP contribution is -2.38. The first-order valence-corrected chi connectivity index (χ1v) is 7.78. The molecule has 0 bridgehead atoms. The third-order valence-corrected chi connectivity index (χ3v) is 5.32. The van der Waals surface area contributed by atoms with E-state index in [1.54, 1.807) is 6.92 Å². The summed E-state index contributed by atoms with van der Waals surface area (Å²) in [5.74, 6) is -0.206. The van der Waals surface area contributed by atoms with E-state index in [1.807, 2.05) is 0 Å². The van der Waals surface area contributed by atoms with E-state index in [9.17, 15) is 12.8 Å². The molecule has 0 aliphatic carbocycles. The third-order valence-electron chi connectivity index (χ3n) is 2.86. The second kappa shape index (κ2) is 4.57. The number of aryl methyl sites for hydroxylation is 1. The van der Waals surface area contributed by atoms with Crippen molar-refractivity contribution in [2.24, 2.45) is 0 Å². The van der Waals surface area contributed by atoms with Gasteiger partial charge >= 0.3 is 0 Å². The van der Waals surface area contributed by atoms with Crippen LogP contribution in [0.1, 0.15) is 18.4 Å². The summed E-state index contributed by atoms with van der Waals surface area (Å²) in [6, 6.07) is 2.89. The minimum atomic E-state index is -3.24. The Kier molecular flexibility index (Phi) is 3.45. The van der Waals surface area contributed by atoms with E-state index < -0.39 is 10.0 Å². The van der Waals surface area contributed by atoms with Gasteiger partial charge in [0.05, 0.1) is 15.9 Å². The SMILES string of the molecule is Cc1cc(F)c(Br)cc1N1CCCCS1(=O)=O. The van der Waals surface area contributed by atoms with Crippen LogP contribution in [0.25, 0.3) is 0 Å². The number of halogens is 2. The fraction of sp³-hybridized carbons (Fsp3) is 0.455. The summed E-state index contributed by atoms with van der Waals surface area (Å²) < 4.78 is 38.9. The van der Waals surface area contributed by atoms with E-state index in [4.69, 9.17) is 0 Å². The normalized spacial score (nSPS) is 19.4. The molecule has 2 rings (SSSR count). The summed E-state index contributed by atoms with van der Waals surface area (Å²) in [4.78, 5) is 0. The molecular formula is C11H13BrFNO2S. The number of rotatable bonds is 1. The van der Waals surface area contributed by atoms with Crippen molar-refractivity contribution in [3.05, 3.63) is 28.0 Å². The topological polar surface area (TPSA) is 37.4 Å². The Bertz CT molecular complexity index is 545. The third kappa shape index (κ3) is 2.47. The molecule has 0 amide bonds. The molecular weight excluding hydrogens is 309 g/mol. The molecule has 17 heavy (non-hydrogen) atoms. The average molecular weight is 322 g/mol. The van der Waals surface area contributed by atoms with Gasteiger partial charge in [-0.25, -0.2) is 12.8 Å². The van der Waals surface area contributed by atoms with Crippen LogP contribution in [0.3, 0.4) is 0 Å². The average Bonchev–Trinajstić information content (AvgIpc) is 2.23. The zero-order valence-electron chi connectivity index (χ0n) is 9.41. The number of hydrogen-bond acceptors (Lipinski definition) is 2. The Morgan fingerprint density at radius 2 is 2.06 bits per heavy atom. The van der Waals surface area contributed by atoms with Gasteiger partial charge in [-0.1, -0.05) is 0 Å². The number of sulfonamides is 1. The van der Waals surface area contributed by atoms with Crippen LogP contribution in [-0.2, 0) is 10.0 Å². The van der Waals surface area contributed by atoms with Gasteiger partial charge in [-0.3, -0.25) is 4.31 Å². The highest BCUT2D eigenvalue weighted by atomic mass is 79.9. The molecule has 6 heteroatoms. The molecule has 0 unspecified atom stereocenters. The highest BCUT2D eigenvalue weighted by Crippen LogP contribution is 2.31. The zero-order valence-corrected chi connectivity index (χ0v) is 11.8. The van der Waals surface area contributed by atoms with Crippen molar-refractivity contribution in [1.29, 1.82) is 0 Å². The molecule has 1 aliphatic heterocycles. The maximum atomic E-state index is 13.3. The van der Waals surface area contributed by atoms with Gasteiger partial charge in [-0.2, -0.15) is 0 Å². The lowest BCUT2D eigenvalue weighted by atomic mass is 10.2. The van der Waals surface area contributed by atoms with E-state index in [1.165, 1.54) is 16.4 Å². The maximum absolute atomic E-state index is 13.3. The number of benzene rings is 1. The fourth-order valence-electron chi connectivity index (χ4n) is 1.96. The Labute approximate surface area is 109 Å². The Morgan fingerprint density at radius 1 is 1.35 bits per heavy atom. The predicted octanol–water partition coefficient (Wildman–Crippen LogP) is 2.83. The highest BCUT2D eigenvalue weighted by Gasteiger charge is 2.27. The lowest BCUT2D eigenvalue weighted by Gasteiger charge is -2.29. The van der Waals surface area contributed by atoms with E-state index >= 15 is 0 Å². The number of nitrogens with zero attached hydrogens (tertiary/aromatic N) is 1. The first-order valence-electron chi connectivity index (χ1n) is 5.38. The molecule has 0 saturated carbocycles. The van der Waals surface area contributed by atoms with Gasteiger partial charge in [0.2, 0.25) is 10.0 Å². The minimum Gasteiger partial charge on any atom is -0.270 e. The van der Waals surface area contributed by atoms with Crippen LogP contribution >= 0.6 is 15.9 Å². The smallest absolute Gasteiger partial charge is 0.235 e. The number of anilines is 1. The largest absolute Gasteiger partial charge is 0.270 e. The monoisotopic (exact) mass is 321 g/mol. The van der Waals surface area contributed by atoms with Crippen molar-refractivity contribution in [2.75, 3.05) is 16.6 Å². The fourth-order valence-corrected chi connectivity index (χ4v) is 3.99. The van der Waals surface area contributed by atoms with Crippen molar-refractivity contribution >= 4 is 31.6 Å². The highest BCUT2D eigenvalue weighted by molar-refractivity contribution is 9.10. The van der Waals surface area contributed by atoms with E-state index in [-0.39, 0.29) is 11.6 Å². The van der Waals surface area contributed by atoms with E-state index in [2.05, 4.69) is 15.9 Å². The molecule has 0 spiro atoms. The summed E-state index contributed by atoms with van der Waals surface area (Å²) in [6.45, 7) is 2.19. The van der Waals surface area contributed by atoms with Crippen molar-refractivity contribution in [2.45, 2.75) is 19.8 Å². The van der Waals surface area contributed by atoms with Gasteiger partial charge < -0.3 is 0 Å². The maximum Gasteiger partial charge on any atom is 0.235 e. The van der Waals surface area contributed by atoms with Crippen molar-refractivity contribution in [1.82, 2.24) is 0 Å². The predicted molar refractivity (Wildman–Crippen MR) is 69.2 cm³/mol.